The molecular weight excluding hydrogens is 311 g/mol. The highest BCUT2D eigenvalue weighted by molar-refractivity contribution is 6.35. The molecule has 0 fully saturated rings. The van der Waals surface area contributed by atoms with Crippen LogP contribution in [0.3, 0.4) is 0 Å². The number of halogens is 2. The van der Waals surface area contributed by atoms with Crippen LogP contribution < -0.4 is 5.32 Å². The van der Waals surface area contributed by atoms with Crippen LogP contribution in [0.25, 0.3) is 11.0 Å². The van der Waals surface area contributed by atoms with E-state index in [0.717, 1.165) is 5.39 Å². The van der Waals surface area contributed by atoms with E-state index in [0.29, 0.717) is 27.0 Å². The molecule has 106 valence electrons. The van der Waals surface area contributed by atoms with Crippen LogP contribution in [0.15, 0.2) is 47.0 Å². The maximum absolute atomic E-state index is 12.1. The van der Waals surface area contributed by atoms with Crippen LogP contribution in [0.2, 0.25) is 10.0 Å². The topological polar surface area (TPSA) is 55.1 Å². The van der Waals surface area contributed by atoms with Crippen molar-refractivity contribution in [1.29, 1.82) is 0 Å². The number of aromatic nitrogens is 1. The molecule has 0 atom stereocenters. The average molecular weight is 321 g/mol. The number of para-hydroxylation sites is 1. The van der Waals surface area contributed by atoms with Gasteiger partial charge in [0.15, 0.2) is 5.58 Å². The Kier molecular flexibility index (Phi) is 3.82. The smallest absolute Gasteiger partial charge is 0.230 e. The third-order valence-electron chi connectivity index (χ3n) is 2.98. The van der Waals surface area contributed by atoms with Crippen LogP contribution in [0.5, 0.6) is 0 Å². The lowest BCUT2D eigenvalue weighted by Gasteiger charge is -2.06. The van der Waals surface area contributed by atoms with Gasteiger partial charge in [0.25, 0.3) is 0 Å². The van der Waals surface area contributed by atoms with E-state index in [9.17, 15) is 4.79 Å². The molecule has 0 aliphatic rings. The number of nitrogens with one attached hydrogen (secondary N) is 1. The Hall–Kier alpha value is -2.04. The Morgan fingerprint density at radius 3 is 2.86 bits per heavy atom. The largest absolute Gasteiger partial charge is 0.356 e. The van der Waals surface area contributed by atoms with E-state index in [-0.39, 0.29) is 12.3 Å². The lowest BCUT2D eigenvalue weighted by molar-refractivity contribution is -0.115. The number of anilines is 1. The fourth-order valence-corrected chi connectivity index (χ4v) is 2.34. The fourth-order valence-electron chi connectivity index (χ4n) is 2.01. The van der Waals surface area contributed by atoms with Gasteiger partial charge in [0, 0.05) is 10.4 Å². The Morgan fingerprint density at radius 1 is 1.19 bits per heavy atom. The number of rotatable bonds is 3. The van der Waals surface area contributed by atoms with Crippen molar-refractivity contribution in [3.63, 3.8) is 0 Å². The summed E-state index contributed by atoms with van der Waals surface area (Å²) >= 11 is 11.9. The molecule has 0 spiro atoms. The summed E-state index contributed by atoms with van der Waals surface area (Å²) in [6.07, 6.45) is 0.0971. The van der Waals surface area contributed by atoms with E-state index < -0.39 is 0 Å². The van der Waals surface area contributed by atoms with E-state index in [2.05, 4.69) is 10.5 Å². The summed E-state index contributed by atoms with van der Waals surface area (Å²) in [6.45, 7) is 0. The molecular formula is C15H10Cl2N2O2. The summed E-state index contributed by atoms with van der Waals surface area (Å²) in [5.74, 6) is -0.238. The number of fused-ring (bicyclic) bond motifs is 1. The van der Waals surface area contributed by atoms with E-state index in [1.54, 1.807) is 24.3 Å². The predicted molar refractivity (Wildman–Crippen MR) is 82.8 cm³/mol. The molecule has 0 bridgehead atoms. The lowest BCUT2D eigenvalue weighted by Crippen LogP contribution is -2.15. The van der Waals surface area contributed by atoms with E-state index in [1.165, 1.54) is 0 Å². The van der Waals surface area contributed by atoms with E-state index in [1.807, 2.05) is 18.2 Å². The third-order valence-corrected chi connectivity index (χ3v) is 3.55. The van der Waals surface area contributed by atoms with Crippen molar-refractivity contribution in [2.24, 2.45) is 0 Å². The summed E-state index contributed by atoms with van der Waals surface area (Å²) in [5.41, 5.74) is 1.71. The quantitative estimate of drug-likeness (QED) is 0.782. The van der Waals surface area contributed by atoms with Gasteiger partial charge in [-0.15, -0.1) is 0 Å². The van der Waals surface area contributed by atoms with Gasteiger partial charge in [-0.2, -0.15) is 0 Å². The Morgan fingerprint density at radius 2 is 2.00 bits per heavy atom. The molecule has 6 heteroatoms. The molecule has 3 aromatic rings. The van der Waals surface area contributed by atoms with Crippen LogP contribution in [0.4, 0.5) is 5.69 Å². The van der Waals surface area contributed by atoms with Crippen molar-refractivity contribution in [2.45, 2.75) is 6.42 Å². The molecule has 0 saturated heterocycles. The molecule has 1 aromatic heterocycles. The summed E-state index contributed by atoms with van der Waals surface area (Å²) in [4.78, 5) is 12.1. The van der Waals surface area contributed by atoms with Gasteiger partial charge in [-0.3, -0.25) is 4.79 Å². The second-order valence-electron chi connectivity index (χ2n) is 4.47. The molecule has 0 aliphatic heterocycles. The van der Waals surface area contributed by atoms with Crippen molar-refractivity contribution < 1.29 is 9.32 Å². The molecule has 0 radical (unpaired) electrons. The average Bonchev–Trinajstić information content (AvgIpc) is 2.86. The number of hydrogen-bond acceptors (Lipinski definition) is 3. The number of benzene rings is 2. The molecule has 4 nitrogen and oxygen atoms in total. The summed E-state index contributed by atoms with van der Waals surface area (Å²) in [7, 11) is 0. The minimum absolute atomic E-state index is 0.0971. The zero-order valence-electron chi connectivity index (χ0n) is 10.8. The Bertz CT molecular complexity index is 814. The van der Waals surface area contributed by atoms with Crippen molar-refractivity contribution in [1.82, 2.24) is 5.16 Å². The first-order valence-corrected chi connectivity index (χ1v) is 6.97. The summed E-state index contributed by atoms with van der Waals surface area (Å²) < 4.78 is 5.17. The van der Waals surface area contributed by atoms with Crippen LogP contribution in [0, 0.1) is 0 Å². The standard InChI is InChI=1S/C15H10Cl2N2O2/c16-9-5-6-11(17)13(7-9)18-15(20)8-12-10-3-1-2-4-14(10)21-19-12/h1-7H,8H2,(H,18,20). The Balaban J connectivity index is 1.79. The second-order valence-corrected chi connectivity index (χ2v) is 5.32. The molecule has 1 N–H and O–H groups in total. The van der Waals surface area contributed by atoms with Crippen molar-refractivity contribution >= 4 is 45.8 Å². The number of hydrogen-bond donors (Lipinski definition) is 1. The van der Waals surface area contributed by atoms with Gasteiger partial charge in [0.1, 0.15) is 5.69 Å². The zero-order chi connectivity index (χ0) is 14.8. The first-order chi connectivity index (χ1) is 10.1. The van der Waals surface area contributed by atoms with Crippen LogP contribution in [-0.2, 0) is 11.2 Å². The lowest BCUT2D eigenvalue weighted by atomic mass is 10.1. The van der Waals surface area contributed by atoms with Gasteiger partial charge in [-0.25, -0.2) is 0 Å². The maximum atomic E-state index is 12.1. The second kappa shape index (κ2) is 5.76. The van der Waals surface area contributed by atoms with Gasteiger partial charge >= 0.3 is 0 Å². The summed E-state index contributed by atoms with van der Waals surface area (Å²) in [5, 5.41) is 8.39. The molecule has 1 amide bonds. The number of nitrogens with zero attached hydrogens (tertiary/aromatic N) is 1. The van der Waals surface area contributed by atoms with Gasteiger partial charge in [-0.05, 0) is 30.3 Å². The molecule has 3 rings (SSSR count). The van der Waals surface area contributed by atoms with Crippen molar-refractivity contribution in [3.05, 3.63) is 58.2 Å². The van der Waals surface area contributed by atoms with E-state index in [4.69, 9.17) is 27.7 Å². The van der Waals surface area contributed by atoms with Gasteiger partial charge < -0.3 is 9.84 Å². The molecule has 2 aromatic carbocycles. The van der Waals surface area contributed by atoms with Crippen molar-refractivity contribution in [3.8, 4) is 0 Å². The number of carbonyl (C=O) groups is 1. The molecule has 21 heavy (non-hydrogen) atoms. The SMILES string of the molecule is O=C(Cc1noc2ccccc12)Nc1cc(Cl)ccc1Cl. The highest BCUT2D eigenvalue weighted by atomic mass is 35.5. The first kappa shape index (κ1) is 13.9. The van der Waals surface area contributed by atoms with Crippen molar-refractivity contribution in [2.75, 3.05) is 5.32 Å². The molecule has 0 aliphatic carbocycles. The van der Waals surface area contributed by atoms with E-state index >= 15 is 0 Å². The van der Waals surface area contributed by atoms with Gasteiger partial charge in [0.2, 0.25) is 5.91 Å². The highest BCUT2D eigenvalue weighted by Gasteiger charge is 2.13. The third kappa shape index (κ3) is 3.01. The number of carbonyl (C=O) groups excluding carboxylic acids is 1. The predicted octanol–water partition coefficient (Wildman–Crippen LogP) is 4.32. The minimum Gasteiger partial charge on any atom is -0.356 e. The van der Waals surface area contributed by atoms with Crippen LogP contribution in [0.1, 0.15) is 5.69 Å². The van der Waals surface area contributed by atoms with Crippen LogP contribution in [-0.4, -0.2) is 11.1 Å². The Labute approximate surface area is 130 Å². The zero-order valence-corrected chi connectivity index (χ0v) is 12.3. The van der Waals surface area contributed by atoms with Crippen LogP contribution >= 0.6 is 23.2 Å². The normalized spacial score (nSPS) is 10.8. The maximum Gasteiger partial charge on any atom is 0.230 e. The molecule has 0 unspecified atom stereocenters. The monoisotopic (exact) mass is 320 g/mol. The highest BCUT2D eigenvalue weighted by Crippen LogP contribution is 2.26. The molecule has 0 saturated carbocycles. The van der Waals surface area contributed by atoms with Gasteiger partial charge in [0.05, 0.1) is 17.1 Å². The fraction of sp³-hybridized carbons (Fsp3) is 0.0667. The molecule has 1 heterocycles. The summed E-state index contributed by atoms with van der Waals surface area (Å²) in [6, 6.07) is 12.3. The van der Waals surface area contributed by atoms with Gasteiger partial charge in [-0.1, -0.05) is 40.5 Å². The number of amides is 1. The first-order valence-electron chi connectivity index (χ1n) is 6.21. The minimum atomic E-state index is -0.238.